The van der Waals surface area contributed by atoms with Crippen molar-refractivity contribution in [2.45, 2.75) is 19.7 Å². The molecule has 0 amide bonds. The van der Waals surface area contributed by atoms with E-state index in [1.807, 2.05) is 42.5 Å². The Morgan fingerprint density at radius 1 is 0.929 bits per heavy atom. The lowest BCUT2D eigenvalue weighted by atomic mass is 10.1. The van der Waals surface area contributed by atoms with Gasteiger partial charge in [0.2, 0.25) is 0 Å². The highest BCUT2D eigenvalue weighted by Gasteiger charge is 2.07. The molecule has 3 nitrogen and oxygen atoms in total. The molecular weight excluding hydrogens is 445 g/mol. The molecule has 0 saturated heterocycles. The molecule has 3 aromatic rings. The number of hydrogen-bond acceptors (Lipinski definition) is 3. The second-order valence-electron chi connectivity index (χ2n) is 6.08. The summed E-state index contributed by atoms with van der Waals surface area (Å²) in [6, 6.07) is 20.4. The summed E-state index contributed by atoms with van der Waals surface area (Å²) in [5, 5.41) is 3.42. The van der Waals surface area contributed by atoms with E-state index in [0.29, 0.717) is 12.1 Å². The van der Waals surface area contributed by atoms with Gasteiger partial charge in [0.05, 0.1) is 7.11 Å². The Morgan fingerprint density at radius 2 is 1.68 bits per heavy atom. The molecule has 0 aromatic heterocycles. The van der Waals surface area contributed by atoms with Crippen LogP contribution in [-0.2, 0) is 19.7 Å². The highest BCUT2D eigenvalue weighted by atomic mass is 79.9. The van der Waals surface area contributed by atoms with E-state index in [9.17, 15) is 4.39 Å². The van der Waals surface area contributed by atoms with Gasteiger partial charge >= 0.3 is 0 Å². The molecule has 0 aliphatic rings. The molecule has 0 unspecified atom stereocenters. The molecule has 0 bridgehead atoms. The molecule has 0 radical (unpaired) electrons. The minimum atomic E-state index is -0.256. The lowest BCUT2D eigenvalue weighted by molar-refractivity contribution is 0.296. The van der Waals surface area contributed by atoms with Gasteiger partial charge in [-0.15, -0.1) is 12.4 Å². The fraction of sp³-hybridized carbons (Fsp3) is 0.182. The molecular formula is C22H22BrClFNO2. The Labute approximate surface area is 179 Å². The third-order valence-corrected chi connectivity index (χ3v) is 4.66. The minimum absolute atomic E-state index is 0. The lowest BCUT2D eigenvalue weighted by Gasteiger charge is -2.13. The molecule has 148 valence electrons. The van der Waals surface area contributed by atoms with Gasteiger partial charge in [-0.25, -0.2) is 4.39 Å². The summed E-state index contributed by atoms with van der Waals surface area (Å²) in [6.07, 6.45) is 0. The lowest BCUT2D eigenvalue weighted by Crippen LogP contribution is -2.13. The highest BCUT2D eigenvalue weighted by Crippen LogP contribution is 2.24. The zero-order valence-electron chi connectivity index (χ0n) is 15.5. The van der Waals surface area contributed by atoms with Gasteiger partial charge in [-0.1, -0.05) is 46.3 Å². The molecule has 3 aromatic carbocycles. The van der Waals surface area contributed by atoms with E-state index < -0.39 is 0 Å². The Balaban J connectivity index is 0.00000280. The van der Waals surface area contributed by atoms with Crippen molar-refractivity contribution in [1.82, 2.24) is 5.32 Å². The Morgan fingerprint density at radius 3 is 2.39 bits per heavy atom. The van der Waals surface area contributed by atoms with Crippen LogP contribution in [-0.4, -0.2) is 7.11 Å². The van der Waals surface area contributed by atoms with Crippen molar-refractivity contribution in [2.24, 2.45) is 0 Å². The number of nitrogens with one attached hydrogen (secondary N) is 1. The molecule has 1 N–H and O–H groups in total. The van der Waals surface area contributed by atoms with E-state index in [0.717, 1.165) is 28.1 Å². The summed E-state index contributed by atoms with van der Waals surface area (Å²) in [6.45, 7) is 1.56. The Hall–Kier alpha value is -2.08. The molecule has 0 fully saturated rings. The number of rotatable bonds is 8. The fourth-order valence-electron chi connectivity index (χ4n) is 2.68. The van der Waals surface area contributed by atoms with E-state index in [1.165, 1.54) is 11.6 Å². The number of ether oxygens (including phenoxy) is 2. The Kier molecular flexibility index (Phi) is 8.77. The first-order valence-corrected chi connectivity index (χ1v) is 9.43. The molecule has 6 heteroatoms. The van der Waals surface area contributed by atoms with Crippen LogP contribution in [0.4, 0.5) is 4.39 Å². The summed E-state index contributed by atoms with van der Waals surface area (Å²) in [5.74, 6) is 1.33. The van der Waals surface area contributed by atoms with Crippen molar-refractivity contribution in [3.8, 4) is 11.5 Å². The number of methoxy groups -OCH3 is 1. The minimum Gasteiger partial charge on any atom is -0.497 e. The first-order valence-electron chi connectivity index (χ1n) is 8.64. The summed E-state index contributed by atoms with van der Waals surface area (Å²) in [4.78, 5) is 0. The van der Waals surface area contributed by atoms with Gasteiger partial charge in [-0.2, -0.15) is 0 Å². The fourth-order valence-corrected chi connectivity index (χ4v) is 3.09. The van der Waals surface area contributed by atoms with Crippen molar-refractivity contribution >= 4 is 28.3 Å². The van der Waals surface area contributed by atoms with Crippen molar-refractivity contribution in [2.75, 3.05) is 7.11 Å². The molecule has 0 heterocycles. The monoisotopic (exact) mass is 465 g/mol. The van der Waals surface area contributed by atoms with Gasteiger partial charge in [-0.3, -0.25) is 0 Å². The maximum Gasteiger partial charge on any atom is 0.129 e. The van der Waals surface area contributed by atoms with Crippen LogP contribution in [0.1, 0.15) is 16.7 Å². The van der Waals surface area contributed by atoms with Crippen LogP contribution in [0.25, 0.3) is 0 Å². The zero-order valence-corrected chi connectivity index (χ0v) is 17.9. The largest absolute Gasteiger partial charge is 0.497 e. The number of halogens is 3. The molecule has 0 atom stereocenters. The first-order chi connectivity index (χ1) is 13.2. The van der Waals surface area contributed by atoms with E-state index in [2.05, 4.69) is 21.2 Å². The van der Waals surface area contributed by atoms with Crippen molar-refractivity contribution in [3.63, 3.8) is 0 Å². The maximum absolute atomic E-state index is 13.8. The third-order valence-electron chi connectivity index (χ3n) is 4.17. The van der Waals surface area contributed by atoms with E-state index in [-0.39, 0.29) is 24.8 Å². The maximum atomic E-state index is 13.8. The quantitative estimate of drug-likeness (QED) is 0.449. The second-order valence-corrected chi connectivity index (χ2v) is 7.00. The molecule has 0 saturated carbocycles. The van der Waals surface area contributed by atoms with Gasteiger partial charge in [0.15, 0.2) is 0 Å². The second kappa shape index (κ2) is 11.1. The van der Waals surface area contributed by atoms with Crippen molar-refractivity contribution in [1.29, 1.82) is 0 Å². The first kappa shape index (κ1) is 22.2. The van der Waals surface area contributed by atoms with Crippen LogP contribution < -0.4 is 14.8 Å². The van der Waals surface area contributed by atoms with Crippen LogP contribution in [0, 0.1) is 5.82 Å². The predicted molar refractivity (Wildman–Crippen MR) is 116 cm³/mol. The predicted octanol–water partition coefficient (Wildman–Crippen LogP) is 5.89. The van der Waals surface area contributed by atoms with Gasteiger partial charge < -0.3 is 14.8 Å². The van der Waals surface area contributed by atoms with Gasteiger partial charge in [0, 0.05) is 28.7 Å². The highest BCUT2D eigenvalue weighted by molar-refractivity contribution is 9.10. The average Bonchev–Trinajstić information content (AvgIpc) is 2.69. The van der Waals surface area contributed by atoms with Gasteiger partial charge in [0.25, 0.3) is 0 Å². The van der Waals surface area contributed by atoms with E-state index in [1.54, 1.807) is 25.3 Å². The SMILES string of the molecule is COc1ccc(CNCc2cc(Br)ccc2OCc2ccccc2F)cc1.Cl. The Bertz CT molecular complexity index is 890. The third kappa shape index (κ3) is 6.23. The zero-order chi connectivity index (χ0) is 19.1. The van der Waals surface area contributed by atoms with Gasteiger partial charge in [0.1, 0.15) is 23.9 Å². The summed E-state index contributed by atoms with van der Waals surface area (Å²) >= 11 is 3.50. The molecule has 0 aliphatic heterocycles. The normalized spacial score (nSPS) is 10.2. The summed E-state index contributed by atoms with van der Waals surface area (Å²) in [5.41, 5.74) is 2.71. The van der Waals surface area contributed by atoms with Crippen LogP contribution in [0.5, 0.6) is 11.5 Å². The smallest absolute Gasteiger partial charge is 0.129 e. The molecule has 0 aliphatic carbocycles. The van der Waals surface area contributed by atoms with Crippen LogP contribution >= 0.6 is 28.3 Å². The summed E-state index contributed by atoms with van der Waals surface area (Å²) < 4.78 is 25.8. The van der Waals surface area contributed by atoms with E-state index >= 15 is 0 Å². The molecule has 0 spiro atoms. The van der Waals surface area contributed by atoms with Crippen LogP contribution in [0.15, 0.2) is 71.2 Å². The topological polar surface area (TPSA) is 30.5 Å². The van der Waals surface area contributed by atoms with Crippen molar-refractivity contribution in [3.05, 3.63) is 93.7 Å². The number of hydrogen-bond donors (Lipinski definition) is 1. The van der Waals surface area contributed by atoms with Gasteiger partial charge in [-0.05, 0) is 42.0 Å². The molecule has 3 rings (SSSR count). The van der Waals surface area contributed by atoms with Crippen LogP contribution in [0.2, 0.25) is 0 Å². The van der Waals surface area contributed by atoms with Crippen molar-refractivity contribution < 1.29 is 13.9 Å². The molecule has 28 heavy (non-hydrogen) atoms. The number of benzene rings is 3. The average molecular weight is 467 g/mol. The van der Waals surface area contributed by atoms with Crippen LogP contribution in [0.3, 0.4) is 0 Å². The van der Waals surface area contributed by atoms with E-state index in [4.69, 9.17) is 9.47 Å². The summed E-state index contributed by atoms with van der Waals surface area (Å²) in [7, 11) is 1.66. The standard InChI is InChI=1S/C22H21BrFNO2.ClH/c1-26-20-9-6-16(7-10-20)13-25-14-18-12-19(23)8-11-22(18)27-15-17-4-2-3-5-21(17)24;/h2-12,25H,13-15H2,1H3;1H.